The lowest BCUT2D eigenvalue weighted by Gasteiger charge is -2.42. The van der Waals surface area contributed by atoms with Crippen LogP contribution in [0.1, 0.15) is 29.6 Å². The van der Waals surface area contributed by atoms with Gasteiger partial charge in [-0.3, -0.25) is 9.59 Å². The minimum Gasteiger partial charge on any atom is -0.495 e. The quantitative estimate of drug-likeness (QED) is 0.603. The van der Waals surface area contributed by atoms with Gasteiger partial charge in [-0.15, -0.1) is 0 Å². The first-order valence-corrected chi connectivity index (χ1v) is 11.5. The van der Waals surface area contributed by atoms with Gasteiger partial charge >= 0.3 is 6.03 Å². The van der Waals surface area contributed by atoms with E-state index in [-0.39, 0.29) is 43.1 Å². The maximum atomic E-state index is 13.3. The van der Waals surface area contributed by atoms with Gasteiger partial charge in [0.15, 0.2) is 0 Å². The molecule has 0 radical (unpaired) electrons. The van der Waals surface area contributed by atoms with Crippen molar-refractivity contribution in [1.82, 2.24) is 10.2 Å². The van der Waals surface area contributed by atoms with Crippen molar-refractivity contribution < 1.29 is 28.6 Å². The predicted octanol–water partition coefficient (Wildman–Crippen LogP) is 2.86. The molecule has 2 heterocycles. The predicted molar refractivity (Wildman–Crippen MR) is 130 cm³/mol. The number of urea groups is 1. The number of nitrogens with one attached hydrogen (secondary N) is 3. The third-order valence-electron chi connectivity index (χ3n) is 6.32. The van der Waals surface area contributed by atoms with Crippen LogP contribution in [0.2, 0.25) is 0 Å². The Morgan fingerprint density at radius 2 is 1.94 bits per heavy atom. The molecule has 1 fully saturated rings. The summed E-state index contributed by atoms with van der Waals surface area (Å²) in [5.41, 5.74) is 1.33. The van der Waals surface area contributed by atoms with Gasteiger partial charge in [0.2, 0.25) is 5.91 Å². The van der Waals surface area contributed by atoms with Crippen molar-refractivity contribution in [2.24, 2.45) is 0 Å². The molecule has 2 aliphatic rings. The highest BCUT2D eigenvalue weighted by Crippen LogP contribution is 2.32. The van der Waals surface area contributed by atoms with Gasteiger partial charge in [0, 0.05) is 19.8 Å². The van der Waals surface area contributed by atoms with Gasteiger partial charge in [-0.2, -0.15) is 0 Å². The molecule has 2 aromatic rings. The van der Waals surface area contributed by atoms with Gasteiger partial charge in [-0.25, -0.2) is 4.79 Å². The lowest BCUT2D eigenvalue weighted by atomic mass is 9.94. The molecule has 2 aliphatic heterocycles. The van der Waals surface area contributed by atoms with E-state index in [2.05, 4.69) is 16.0 Å². The summed E-state index contributed by atoms with van der Waals surface area (Å²) in [6, 6.07) is 11.4. The number of likely N-dealkylation sites (N-methyl/N-ethyl adjacent to an activating group) is 1. The van der Waals surface area contributed by atoms with E-state index in [0.717, 1.165) is 0 Å². The summed E-state index contributed by atoms with van der Waals surface area (Å²) in [5, 5.41) is 8.12. The maximum Gasteiger partial charge on any atom is 0.323 e. The van der Waals surface area contributed by atoms with E-state index < -0.39 is 6.03 Å². The topological polar surface area (TPSA) is 118 Å². The Kier molecular flexibility index (Phi) is 7.40. The number of para-hydroxylation sites is 2. The molecule has 0 unspecified atom stereocenters. The van der Waals surface area contributed by atoms with Crippen LogP contribution in [-0.2, 0) is 9.53 Å². The summed E-state index contributed by atoms with van der Waals surface area (Å²) in [4.78, 5) is 39.3. The van der Waals surface area contributed by atoms with Gasteiger partial charge < -0.3 is 35.1 Å². The minimum atomic E-state index is -0.468. The number of amides is 4. The molecule has 10 nitrogen and oxygen atoms in total. The number of nitrogens with zero attached hydrogens (tertiary/aromatic N) is 1. The first-order chi connectivity index (χ1) is 16.9. The van der Waals surface area contributed by atoms with E-state index >= 15 is 0 Å². The zero-order chi connectivity index (χ0) is 24.9. The SMILES string of the molecule is CNC(=O)C[C@@H]1CC[C@@H]2[C@H](COc3ccc(NC(=O)Nc4ccccc4OC)cc3C(=O)N2C)O1. The zero-order valence-corrected chi connectivity index (χ0v) is 20.0. The number of benzene rings is 2. The van der Waals surface area contributed by atoms with Crippen molar-refractivity contribution in [3.63, 3.8) is 0 Å². The Bertz CT molecular complexity index is 1110. The summed E-state index contributed by atoms with van der Waals surface area (Å²) in [7, 11) is 4.87. The van der Waals surface area contributed by atoms with Crippen molar-refractivity contribution in [2.75, 3.05) is 38.4 Å². The molecule has 186 valence electrons. The van der Waals surface area contributed by atoms with Crippen molar-refractivity contribution in [3.05, 3.63) is 48.0 Å². The normalized spacial score (nSPS) is 21.4. The van der Waals surface area contributed by atoms with E-state index in [0.29, 0.717) is 41.3 Å². The molecule has 10 heteroatoms. The molecular formula is C25H30N4O6. The minimum absolute atomic E-state index is 0.0789. The van der Waals surface area contributed by atoms with Crippen molar-refractivity contribution >= 4 is 29.2 Å². The molecule has 0 spiro atoms. The standard InChI is InChI=1S/C25H30N4O6/c1-26-23(30)13-16-9-10-19-22(35-16)14-34-20-11-8-15(12-17(20)24(31)29(19)2)27-25(32)28-18-6-4-5-7-21(18)33-3/h4-8,11-12,16,19,22H,9-10,13-14H2,1-3H3,(H,26,30)(H2,27,28,32)/t16-,19+,22-/m0/s1. The Balaban J connectivity index is 1.47. The maximum absolute atomic E-state index is 13.3. The molecule has 2 aromatic carbocycles. The Hall–Kier alpha value is -3.79. The van der Waals surface area contributed by atoms with Crippen LogP contribution in [0.5, 0.6) is 11.5 Å². The zero-order valence-electron chi connectivity index (χ0n) is 20.0. The van der Waals surface area contributed by atoms with Crippen LogP contribution in [0.25, 0.3) is 0 Å². The second-order valence-electron chi connectivity index (χ2n) is 8.54. The highest BCUT2D eigenvalue weighted by Gasteiger charge is 2.39. The molecule has 0 saturated carbocycles. The fraction of sp³-hybridized carbons (Fsp3) is 0.400. The highest BCUT2D eigenvalue weighted by molar-refractivity contribution is 6.03. The fourth-order valence-electron chi connectivity index (χ4n) is 4.45. The van der Waals surface area contributed by atoms with Crippen molar-refractivity contribution in [2.45, 2.75) is 37.5 Å². The van der Waals surface area contributed by atoms with Crippen LogP contribution >= 0.6 is 0 Å². The number of rotatable bonds is 5. The second-order valence-corrected chi connectivity index (χ2v) is 8.54. The molecule has 0 aromatic heterocycles. The average Bonchev–Trinajstić information content (AvgIpc) is 2.86. The molecule has 4 rings (SSSR count). The highest BCUT2D eigenvalue weighted by atomic mass is 16.5. The van der Waals surface area contributed by atoms with E-state index in [1.165, 1.54) is 7.11 Å². The van der Waals surface area contributed by atoms with E-state index in [9.17, 15) is 14.4 Å². The van der Waals surface area contributed by atoms with Gasteiger partial charge in [0.1, 0.15) is 24.2 Å². The number of carbonyl (C=O) groups excluding carboxylic acids is 3. The van der Waals surface area contributed by atoms with Crippen molar-refractivity contribution in [1.29, 1.82) is 0 Å². The van der Waals surface area contributed by atoms with Crippen LogP contribution in [0.15, 0.2) is 42.5 Å². The van der Waals surface area contributed by atoms with E-state index in [1.807, 2.05) is 6.07 Å². The van der Waals surface area contributed by atoms with Crippen LogP contribution in [-0.4, -0.2) is 68.8 Å². The summed E-state index contributed by atoms with van der Waals surface area (Å²) < 4.78 is 17.4. The summed E-state index contributed by atoms with van der Waals surface area (Å²) in [5.74, 6) is 0.641. The Morgan fingerprint density at radius 3 is 2.71 bits per heavy atom. The molecule has 3 N–H and O–H groups in total. The summed E-state index contributed by atoms with van der Waals surface area (Å²) in [6.45, 7) is 0.251. The molecule has 4 amide bonds. The molecule has 35 heavy (non-hydrogen) atoms. The molecule has 0 bridgehead atoms. The molecule has 3 atom stereocenters. The molecular weight excluding hydrogens is 452 g/mol. The largest absolute Gasteiger partial charge is 0.495 e. The number of hydrogen-bond donors (Lipinski definition) is 3. The van der Waals surface area contributed by atoms with Crippen molar-refractivity contribution in [3.8, 4) is 11.5 Å². The summed E-state index contributed by atoms with van der Waals surface area (Å²) >= 11 is 0. The number of hydrogen-bond acceptors (Lipinski definition) is 6. The second kappa shape index (κ2) is 10.6. The Morgan fingerprint density at radius 1 is 1.14 bits per heavy atom. The monoisotopic (exact) mass is 482 g/mol. The smallest absolute Gasteiger partial charge is 0.323 e. The summed E-state index contributed by atoms with van der Waals surface area (Å²) in [6.07, 6.45) is 1.09. The lowest BCUT2D eigenvalue weighted by molar-refractivity contribution is -0.133. The van der Waals surface area contributed by atoms with E-state index in [4.69, 9.17) is 14.2 Å². The number of fused-ring (bicyclic) bond motifs is 2. The third kappa shape index (κ3) is 5.48. The number of ether oxygens (including phenoxy) is 3. The van der Waals surface area contributed by atoms with Gasteiger partial charge in [0.25, 0.3) is 5.91 Å². The fourth-order valence-corrected chi connectivity index (χ4v) is 4.45. The number of anilines is 2. The van der Waals surface area contributed by atoms with Crippen LogP contribution in [0, 0.1) is 0 Å². The lowest BCUT2D eigenvalue weighted by Crippen LogP contribution is -2.53. The van der Waals surface area contributed by atoms with Gasteiger partial charge in [0.05, 0.1) is 36.9 Å². The van der Waals surface area contributed by atoms with Crippen LogP contribution in [0.4, 0.5) is 16.2 Å². The van der Waals surface area contributed by atoms with Crippen LogP contribution < -0.4 is 25.4 Å². The van der Waals surface area contributed by atoms with Crippen LogP contribution in [0.3, 0.4) is 0 Å². The third-order valence-corrected chi connectivity index (χ3v) is 6.32. The number of methoxy groups -OCH3 is 1. The molecule has 0 aliphatic carbocycles. The average molecular weight is 483 g/mol. The van der Waals surface area contributed by atoms with Gasteiger partial charge in [-0.05, 0) is 43.2 Å². The Labute approximate surface area is 203 Å². The first kappa shape index (κ1) is 24.3. The first-order valence-electron chi connectivity index (χ1n) is 11.5. The molecule has 1 saturated heterocycles. The number of carbonyl (C=O) groups is 3. The van der Waals surface area contributed by atoms with E-state index in [1.54, 1.807) is 55.4 Å². The van der Waals surface area contributed by atoms with Gasteiger partial charge in [-0.1, -0.05) is 12.1 Å².